The smallest absolute Gasteiger partial charge is 0.0720 e. The van der Waals surface area contributed by atoms with Crippen LogP contribution in [0.1, 0.15) is 38.4 Å². The van der Waals surface area contributed by atoms with E-state index in [1.165, 1.54) is 22.4 Å². The van der Waals surface area contributed by atoms with Gasteiger partial charge in [-0.2, -0.15) is 0 Å². The van der Waals surface area contributed by atoms with E-state index in [1.54, 1.807) is 0 Å². The number of H-pyrrole nitrogens is 1. The van der Waals surface area contributed by atoms with Crippen molar-refractivity contribution in [2.75, 3.05) is 24.5 Å². The molecule has 4 heteroatoms. The van der Waals surface area contributed by atoms with Gasteiger partial charge in [0.1, 0.15) is 0 Å². The molecule has 0 saturated carbocycles. The molecule has 1 aliphatic heterocycles. The van der Waals surface area contributed by atoms with E-state index in [2.05, 4.69) is 79.2 Å². The van der Waals surface area contributed by atoms with Crippen molar-refractivity contribution in [1.29, 1.82) is 0 Å². The van der Waals surface area contributed by atoms with Crippen molar-refractivity contribution >= 4 is 23.0 Å². The van der Waals surface area contributed by atoms with Gasteiger partial charge in [-0.3, -0.25) is 0 Å². The third-order valence-electron chi connectivity index (χ3n) is 5.05. The van der Waals surface area contributed by atoms with Crippen molar-refractivity contribution < 1.29 is 0 Å². The molecule has 2 heterocycles. The minimum absolute atomic E-state index is 0.602. The SMILES string of the molecule is CCN(CC)c1ccc(/C=C/C2=NC(=C(/CCN)c3ccc[nH]3)/C(C)=C2)cc1. The quantitative estimate of drug-likeness (QED) is 0.680. The largest absolute Gasteiger partial charge is 0.372 e. The Balaban J connectivity index is 1.81. The summed E-state index contributed by atoms with van der Waals surface area (Å²) < 4.78 is 0. The van der Waals surface area contributed by atoms with Crippen LogP contribution in [0, 0.1) is 0 Å². The molecule has 2 aromatic rings. The number of nitrogens with one attached hydrogen (secondary N) is 1. The molecule has 28 heavy (non-hydrogen) atoms. The van der Waals surface area contributed by atoms with Crippen molar-refractivity contribution in [3.8, 4) is 0 Å². The van der Waals surface area contributed by atoms with Crippen molar-refractivity contribution in [2.45, 2.75) is 27.2 Å². The Kier molecular flexibility index (Phi) is 6.66. The summed E-state index contributed by atoms with van der Waals surface area (Å²) in [6, 6.07) is 12.8. The van der Waals surface area contributed by atoms with Gasteiger partial charge in [-0.25, -0.2) is 4.99 Å². The Morgan fingerprint density at radius 3 is 2.46 bits per heavy atom. The maximum atomic E-state index is 5.84. The molecule has 0 atom stereocenters. The molecule has 0 aliphatic carbocycles. The standard InChI is InChI=1S/C24H30N4/c1-4-28(5-2)21-12-9-19(10-13-21)8-11-20-17-18(3)24(27-20)22(14-15-25)23-7-6-16-26-23/h6-13,16-17,26H,4-5,14-15,25H2,1-3H3/b11-8+,24-22-. The third kappa shape index (κ3) is 4.52. The maximum Gasteiger partial charge on any atom is 0.0720 e. The molecule has 1 aromatic carbocycles. The van der Waals surface area contributed by atoms with Crippen molar-refractivity contribution in [3.05, 3.63) is 77.3 Å². The van der Waals surface area contributed by atoms with E-state index in [0.717, 1.165) is 36.6 Å². The third-order valence-corrected chi connectivity index (χ3v) is 5.05. The van der Waals surface area contributed by atoms with Gasteiger partial charge in [0.05, 0.1) is 11.4 Å². The lowest BCUT2D eigenvalue weighted by atomic mass is 10.0. The Morgan fingerprint density at radius 2 is 1.86 bits per heavy atom. The van der Waals surface area contributed by atoms with E-state index in [4.69, 9.17) is 10.7 Å². The molecular weight excluding hydrogens is 344 g/mol. The van der Waals surface area contributed by atoms with Crippen molar-refractivity contribution in [2.24, 2.45) is 10.7 Å². The van der Waals surface area contributed by atoms with Crippen LogP contribution < -0.4 is 10.6 Å². The van der Waals surface area contributed by atoms with Gasteiger partial charge < -0.3 is 15.6 Å². The van der Waals surface area contributed by atoms with Crippen LogP contribution in [-0.2, 0) is 0 Å². The van der Waals surface area contributed by atoms with E-state index < -0.39 is 0 Å². The number of aromatic nitrogens is 1. The number of aromatic amines is 1. The van der Waals surface area contributed by atoms with E-state index in [1.807, 2.05) is 12.3 Å². The molecule has 4 nitrogen and oxygen atoms in total. The molecule has 0 fully saturated rings. The van der Waals surface area contributed by atoms with Crippen LogP contribution in [0.25, 0.3) is 11.6 Å². The van der Waals surface area contributed by atoms with Crippen LogP contribution in [0.4, 0.5) is 5.69 Å². The van der Waals surface area contributed by atoms with Gasteiger partial charge in [0, 0.05) is 36.2 Å². The van der Waals surface area contributed by atoms with Crippen LogP contribution >= 0.6 is 0 Å². The van der Waals surface area contributed by atoms with Gasteiger partial charge in [-0.15, -0.1) is 0 Å². The summed E-state index contributed by atoms with van der Waals surface area (Å²) in [7, 11) is 0. The molecule has 3 rings (SSSR count). The summed E-state index contributed by atoms with van der Waals surface area (Å²) >= 11 is 0. The van der Waals surface area contributed by atoms with Gasteiger partial charge in [-0.1, -0.05) is 18.2 Å². The highest BCUT2D eigenvalue weighted by Gasteiger charge is 2.16. The number of allylic oxidation sites excluding steroid dienone is 3. The molecule has 0 spiro atoms. The normalized spacial score (nSPS) is 15.7. The van der Waals surface area contributed by atoms with Crippen LogP contribution in [-0.4, -0.2) is 30.3 Å². The monoisotopic (exact) mass is 374 g/mol. The second-order valence-electron chi connectivity index (χ2n) is 6.91. The molecule has 0 amide bonds. The first-order valence-electron chi connectivity index (χ1n) is 10.0. The summed E-state index contributed by atoms with van der Waals surface area (Å²) in [6.45, 7) is 9.12. The molecule has 0 bridgehead atoms. The highest BCUT2D eigenvalue weighted by Crippen LogP contribution is 2.30. The fraction of sp³-hybridized carbons (Fsp3) is 0.292. The summed E-state index contributed by atoms with van der Waals surface area (Å²) in [4.78, 5) is 10.5. The minimum Gasteiger partial charge on any atom is -0.372 e. The van der Waals surface area contributed by atoms with E-state index in [0.29, 0.717) is 6.54 Å². The van der Waals surface area contributed by atoms with Crippen molar-refractivity contribution in [3.63, 3.8) is 0 Å². The van der Waals surface area contributed by atoms with Gasteiger partial charge in [0.15, 0.2) is 0 Å². The first-order valence-corrected chi connectivity index (χ1v) is 10.0. The maximum absolute atomic E-state index is 5.84. The van der Waals surface area contributed by atoms with Gasteiger partial charge in [0.2, 0.25) is 0 Å². The van der Waals surface area contributed by atoms with Gasteiger partial charge >= 0.3 is 0 Å². The predicted octanol–water partition coefficient (Wildman–Crippen LogP) is 5.04. The van der Waals surface area contributed by atoms with E-state index >= 15 is 0 Å². The summed E-state index contributed by atoms with van der Waals surface area (Å²) in [5.74, 6) is 0. The Hall–Kier alpha value is -2.85. The number of nitrogens with zero attached hydrogens (tertiary/aromatic N) is 2. The molecule has 3 N–H and O–H groups in total. The molecule has 0 radical (unpaired) electrons. The average Bonchev–Trinajstić information content (AvgIpc) is 3.36. The summed E-state index contributed by atoms with van der Waals surface area (Å²) in [5, 5.41) is 0. The number of hydrogen-bond acceptors (Lipinski definition) is 3. The lowest BCUT2D eigenvalue weighted by molar-refractivity contribution is 0.866. The number of benzene rings is 1. The first kappa shape index (κ1) is 19.9. The fourth-order valence-corrected chi connectivity index (χ4v) is 3.54. The molecule has 0 unspecified atom stereocenters. The van der Waals surface area contributed by atoms with Crippen LogP contribution in [0.3, 0.4) is 0 Å². The average molecular weight is 375 g/mol. The highest BCUT2D eigenvalue weighted by atomic mass is 15.1. The zero-order valence-electron chi connectivity index (χ0n) is 17.1. The zero-order chi connectivity index (χ0) is 19.9. The van der Waals surface area contributed by atoms with Gasteiger partial charge in [-0.05, 0) is 81.3 Å². The molecule has 1 aromatic heterocycles. The number of aliphatic imine (C=N–C) groups is 1. The summed E-state index contributed by atoms with van der Waals surface area (Å²) in [5.41, 5.74) is 13.7. The van der Waals surface area contributed by atoms with Crippen LogP contribution in [0.5, 0.6) is 0 Å². The number of hydrogen-bond donors (Lipinski definition) is 2. The van der Waals surface area contributed by atoms with Crippen LogP contribution in [0.2, 0.25) is 0 Å². The van der Waals surface area contributed by atoms with Crippen LogP contribution in [0.15, 0.2) is 71.0 Å². The van der Waals surface area contributed by atoms with E-state index in [-0.39, 0.29) is 0 Å². The molecule has 1 aliphatic rings. The lowest BCUT2D eigenvalue weighted by Gasteiger charge is -2.20. The first-order chi connectivity index (χ1) is 13.7. The number of nitrogens with two attached hydrogens (primary N) is 1. The van der Waals surface area contributed by atoms with Crippen molar-refractivity contribution in [1.82, 2.24) is 4.98 Å². The van der Waals surface area contributed by atoms with Gasteiger partial charge in [0.25, 0.3) is 0 Å². The fourth-order valence-electron chi connectivity index (χ4n) is 3.54. The molecular formula is C24H30N4. The summed E-state index contributed by atoms with van der Waals surface area (Å²) in [6.07, 6.45) is 9.07. The number of anilines is 1. The minimum atomic E-state index is 0.602. The Morgan fingerprint density at radius 1 is 1.11 bits per heavy atom. The number of rotatable bonds is 8. The Bertz CT molecular complexity index is 893. The highest BCUT2D eigenvalue weighted by molar-refractivity contribution is 6.10. The zero-order valence-corrected chi connectivity index (χ0v) is 17.1. The lowest BCUT2D eigenvalue weighted by Crippen LogP contribution is -2.21. The molecule has 146 valence electrons. The predicted molar refractivity (Wildman–Crippen MR) is 122 cm³/mol. The molecule has 0 saturated heterocycles. The second-order valence-corrected chi connectivity index (χ2v) is 6.91. The van der Waals surface area contributed by atoms with E-state index in [9.17, 15) is 0 Å². The second kappa shape index (κ2) is 9.38. The Labute approximate surface area is 168 Å². The topological polar surface area (TPSA) is 57.4 Å².